The van der Waals surface area contributed by atoms with Crippen LogP contribution in [0.5, 0.6) is 5.75 Å². The molecule has 0 bridgehead atoms. The molecule has 4 aromatic rings. The number of benzene rings is 2. The monoisotopic (exact) mass is 469 g/mol. The van der Waals surface area contributed by atoms with Crippen molar-refractivity contribution in [3.05, 3.63) is 72.6 Å². The van der Waals surface area contributed by atoms with Crippen LogP contribution in [0.2, 0.25) is 0 Å². The van der Waals surface area contributed by atoms with Crippen molar-refractivity contribution in [3.8, 4) is 17.0 Å². The fourth-order valence-corrected chi connectivity index (χ4v) is 5.38. The lowest BCUT2D eigenvalue weighted by atomic mass is 9.77. The molecular weight excluding hydrogens is 442 g/mol. The van der Waals surface area contributed by atoms with Gasteiger partial charge in [-0.25, -0.2) is 4.79 Å². The van der Waals surface area contributed by atoms with Gasteiger partial charge in [-0.1, -0.05) is 18.2 Å². The number of aryl methyl sites for hydroxylation is 1. The van der Waals surface area contributed by atoms with Crippen LogP contribution in [0.3, 0.4) is 0 Å². The summed E-state index contributed by atoms with van der Waals surface area (Å²) < 4.78 is 7.79. The minimum atomic E-state index is -0.315. The smallest absolute Gasteiger partial charge is 0.410 e. The number of nitrogens with one attached hydrogen (secondary N) is 1. The number of hydrogen-bond acceptors (Lipinski definition) is 6. The molecule has 2 aromatic carbocycles. The van der Waals surface area contributed by atoms with Gasteiger partial charge in [-0.15, -0.1) is 0 Å². The summed E-state index contributed by atoms with van der Waals surface area (Å²) in [5, 5.41) is 6.04. The van der Waals surface area contributed by atoms with Crippen molar-refractivity contribution in [2.24, 2.45) is 0 Å². The molecule has 2 aliphatic rings. The molecule has 2 aromatic heterocycles. The molecule has 8 nitrogen and oxygen atoms in total. The van der Waals surface area contributed by atoms with Gasteiger partial charge in [0.25, 0.3) is 0 Å². The summed E-state index contributed by atoms with van der Waals surface area (Å²) in [7, 11) is 1.55. The van der Waals surface area contributed by atoms with E-state index >= 15 is 0 Å². The fraction of sp³-hybridized carbons (Fsp3) is 0.296. The Morgan fingerprint density at radius 3 is 2.77 bits per heavy atom. The lowest BCUT2D eigenvalue weighted by Gasteiger charge is -2.33. The average Bonchev–Trinajstić information content (AvgIpc) is 3.52. The Labute approximate surface area is 203 Å². The van der Waals surface area contributed by atoms with Gasteiger partial charge in [0.05, 0.1) is 24.0 Å². The van der Waals surface area contributed by atoms with Crippen molar-refractivity contribution in [2.75, 3.05) is 25.7 Å². The molecule has 1 atom stereocenters. The van der Waals surface area contributed by atoms with Crippen LogP contribution < -0.4 is 10.2 Å². The number of ether oxygens (including phenoxy) is 1. The second-order valence-corrected chi connectivity index (χ2v) is 9.31. The van der Waals surface area contributed by atoms with E-state index in [0.29, 0.717) is 18.8 Å². The Morgan fingerprint density at radius 2 is 1.91 bits per heavy atom. The van der Waals surface area contributed by atoms with E-state index in [9.17, 15) is 4.79 Å². The number of aromatic nitrogens is 3. The molecule has 0 radical (unpaired) electrons. The molecule has 6 rings (SSSR count). The van der Waals surface area contributed by atoms with Crippen molar-refractivity contribution < 1.29 is 14.4 Å². The normalized spacial score (nSPS) is 19.2. The maximum atomic E-state index is 12.9. The van der Waals surface area contributed by atoms with Crippen molar-refractivity contribution in [1.82, 2.24) is 19.7 Å². The molecule has 35 heavy (non-hydrogen) atoms. The maximum Gasteiger partial charge on any atom is 0.415 e. The van der Waals surface area contributed by atoms with Crippen LogP contribution in [-0.4, -0.2) is 46.0 Å². The number of anilines is 1. The summed E-state index contributed by atoms with van der Waals surface area (Å²) in [4.78, 5) is 24.3. The van der Waals surface area contributed by atoms with Crippen LogP contribution >= 0.6 is 0 Å². The number of carbonyl (C=O) groups excluding carboxylic acids is 1. The zero-order valence-electron chi connectivity index (χ0n) is 19.6. The summed E-state index contributed by atoms with van der Waals surface area (Å²) in [6.45, 7) is 2.20. The number of hydrogen-bond donors (Lipinski definition) is 1. The minimum Gasteiger partial charge on any atom is -0.410 e. The Bertz CT molecular complexity index is 1380. The zero-order chi connectivity index (χ0) is 23.8. The van der Waals surface area contributed by atoms with Crippen LogP contribution in [0.25, 0.3) is 22.2 Å². The molecular formula is C27H27N5O3. The first-order valence-corrected chi connectivity index (χ1v) is 11.9. The van der Waals surface area contributed by atoms with Crippen LogP contribution in [0, 0.1) is 0 Å². The van der Waals surface area contributed by atoms with Gasteiger partial charge in [-0.05, 0) is 61.7 Å². The molecule has 1 fully saturated rings. The van der Waals surface area contributed by atoms with Crippen molar-refractivity contribution >= 4 is 22.7 Å². The standard InChI is InChI=1S/C27H27N5O3/c1-34-30-21-7-9-22(10-8-21)35-26(33)31-14-12-27(18-31)11-4-13-32-25(27)16-24(29-32)20-15-19-5-2-3-6-23(19)28-17-20/h2-3,5-10,15-17,30H,4,11-14,18H2,1H3. The topological polar surface area (TPSA) is 81.5 Å². The highest BCUT2D eigenvalue weighted by Gasteiger charge is 2.45. The van der Waals surface area contributed by atoms with E-state index < -0.39 is 0 Å². The highest BCUT2D eigenvalue weighted by molar-refractivity contribution is 5.82. The van der Waals surface area contributed by atoms with E-state index in [4.69, 9.17) is 14.7 Å². The minimum absolute atomic E-state index is 0.0982. The molecule has 1 unspecified atom stereocenters. The predicted molar refractivity (Wildman–Crippen MR) is 133 cm³/mol. The molecule has 4 heterocycles. The number of pyridine rings is 1. The first kappa shape index (κ1) is 21.6. The van der Waals surface area contributed by atoms with Gasteiger partial charge in [0.1, 0.15) is 5.75 Å². The molecule has 178 valence electrons. The summed E-state index contributed by atoms with van der Waals surface area (Å²) >= 11 is 0. The van der Waals surface area contributed by atoms with E-state index in [2.05, 4.69) is 33.3 Å². The molecule has 1 saturated heterocycles. The molecule has 8 heteroatoms. The van der Waals surface area contributed by atoms with Crippen molar-refractivity contribution in [3.63, 3.8) is 0 Å². The van der Waals surface area contributed by atoms with E-state index in [0.717, 1.165) is 53.7 Å². The quantitative estimate of drug-likeness (QED) is 0.423. The summed E-state index contributed by atoms with van der Waals surface area (Å²) in [6, 6.07) is 19.6. The van der Waals surface area contributed by atoms with Gasteiger partial charge >= 0.3 is 6.09 Å². The van der Waals surface area contributed by atoms with Gasteiger partial charge in [-0.3, -0.25) is 20.0 Å². The van der Waals surface area contributed by atoms with Crippen molar-refractivity contribution in [2.45, 2.75) is 31.2 Å². The van der Waals surface area contributed by atoms with Crippen LogP contribution in [-0.2, 0) is 16.8 Å². The second kappa shape index (κ2) is 8.70. The van der Waals surface area contributed by atoms with Gasteiger partial charge in [0.2, 0.25) is 0 Å². The van der Waals surface area contributed by atoms with E-state index in [1.54, 1.807) is 31.4 Å². The molecule has 1 amide bonds. The predicted octanol–water partition coefficient (Wildman–Crippen LogP) is 5.01. The Kier molecular flexibility index (Phi) is 5.37. The summed E-state index contributed by atoms with van der Waals surface area (Å²) in [5.74, 6) is 0.511. The molecule has 1 N–H and O–H groups in total. The number of nitrogens with zero attached hydrogens (tertiary/aromatic N) is 4. The molecule has 1 spiro atoms. The number of fused-ring (bicyclic) bond motifs is 3. The lowest BCUT2D eigenvalue weighted by molar-refractivity contribution is 0.157. The second-order valence-electron chi connectivity index (χ2n) is 9.31. The molecule has 2 aliphatic heterocycles. The third kappa shape index (κ3) is 4.00. The number of rotatable bonds is 4. The summed E-state index contributed by atoms with van der Waals surface area (Å²) in [6.07, 6.45) is 4.57. The Balaban J connectivity index is 1.22. The Morgan fingerprint density at radius 1 is 1.06 bits per heavy atom. The number of likely N-dealkylation sites (tertiary alicyclic amines) is 1. The number of amides is 1. The number of carbonyl (C=O) groups is 1. The van der Waals surface area contributed by atoms with Gasteiger partial charge < -0.3 is 9.64 Å². The van der Waals surface area contributed by atoms with Gasteiger partial charge in [0, 0.05) is 47.9 Å². The highest BCUT2D eigenvalue weighted by atomic mass is 16.6. The zero-order valence-corrected chi connectivity index (χ0v) is 19.6. The largest absolute Gasteiger partial charge is 0.415 e. The third-order valence-electron chi connectivity index (χ3n) is 7.13. The Hall–Kier alpha value is -3.91. The van der Waals surface area contributed by atoms with E-state index in [-0.39, 0.29) is 11.5 Å². The lowest BCUT2D eigenvalue weighted by Crippen LogP contribution is -2.39. The van der Waals surface area contributed by atoms with Crippen molar-refractivity contribution in [1.29, 1.82) is 0 Å². The average molecular weight is 470 g/mol. The highest BCUT2D eigenvalue weighted by Crippen LogP contribution is 2.43. The van der Waals surface area contributed by atoms with E-state index in [1.807, 2.05) is 29.3 Å². The van der Waals surface area contributed by atoms with E-state index in [1.165, 1.54) is 5.69 Å². The summed E-state index contributed by atoms with van der Waals surface area (Å²) in [5.41, 5.74) is 7.58. The van der Waals surface area contributed by atoms with Crippen LogP contribution in [0.4, 0.5) is 10.5 Å². The molecule has 0 saturated carbocycles. The maximum absolute atomic E-state index is 12.9. The van der Waals surface area contributed by atoms with Crippen LogP contribution in [0.15, 0.2) is 66.9 Å². The van der Waals surface area contributed by atoms with Crippen LogP contribution in [0.1, 0.15) is 25.0 Å². The molecule has 0 aliphatic carbocycles. The van der Waals surface area contributed by atoms with Gasteiger partial charge in [-0.2, -0.15) is 5.10 Å². The fourth-order valence-electron chi connectivity index (χ4n) is 5.38. The SMILES string of the molecule is CONc1ccc(OC(=O)N2CCC3(CCCn4nc(-c5cnc6ccccc6c5)cc43)C2)cc1. The van der Waals surface area contributed by atoms with Gasteiger partial charge in [0.15, 0.2) is 0 Å². The first-order valence-electron chi connectivity index (χ1n) is 11.9. The first-order chi connectivity index (χ1) is 17.1. The third-order valence-corrected chi connectivity index (χ3v) is 7.13. The number of para-hydroxylation sites is 1.